The van der Waals surface area contributed by atoms with E-state index in [1.807, 2.05) is 25.1 Å². The van der Waals surface area contributed by atoms with Crippen molar-refractivity contribution in [3.63, 3.8) is 0 Å². The second-order valence-corrected chi connectivity index (χ2v) is 7.86. The maximum atomic E-state index is 13.1. The van der Waals surface area contributed by atoms with E-state index in [1.165, 1.54) is 5.56 Å². The van der Waals surface area contributed by atoms with Crippen molar-refractivity contribution in [1.82, 2.24) is 4.31 Å². The molecule has 0 saturated heterocycles. The monoisotopic (exact) mass is 331 g/mol. The van der Waals surface area contributed by atoms with Gasteiger partial charge in [-0.05, 0) is 55.2 Å². The quantitative estimate of drug-likeness (QED) is 0.868. The van der Waals surface area contributed by atoms with E-state index in [1.54, 1.807) is 36.5 Å². The van der Waals surface area contributed by atoms with E-state index in [2.05, 4.69) is 6.07 Å². The maximum absolute atomic E-state index is 13.1. The molecule has 0 radical (unpaired) electrons. The first kappa shape index (κ1) is 16.0. The number of ether oxygens (including phenoxy) is 1. The van der Waals surface area contributed by atoms with Crippen molar-refractivity contribution in [2.75, 3.05) is 7.11 Å². The predicted octanol–water partition coefficient (Wildman–Crippen LogP) is 3.14. The fourth-order valence-corrected chi connectivity index (χ4v) is 4.96. The van der Waals surface area contributed by atoms with E-state index >= 15 is 0 Å². The van der Waals surface area contributed by atoms with Crippen molar-refractivity contribution in [3.05, 3.63) is 59.2 Å². The molecule has 0 bridgehead atoms. The standard InChI is InChI=1S/C18H21NO3S/c1-13-10-17(22-3)8-9-18(13)23(20,21)19-12-16-7-5-4-6-15(16)11-14(19)2/h4-10,14H,11-12H2,1-3H3. The van der Waals surface area contributed by atoms with E-state index < -0.39 is 10.0 Å². The van der Waals surface area contributed by atoms with Crippen molar-refractivity contribution in [3.8, 4) is 5.75 Å². The highest BCUT2D eigenvalue weighted by Crippen LogP contribution is 2.31. The van der Waals surface area contributed by atoms with Crippen LogP contribution in [-0.4, -0.2) is 25.9 Å². The maximum Gasteiger partial charge on any atom is 0.243 e. The van der Waals surface area contributed by atoms with Gasteiger partial charge >= 0.3 is 0 Å². The van der Waals surface area contributed by atoms with Gasteiger partial charge in [0.2, 0.25) is 10.0 Å². The highest BCUT2D eigenvalue weighted by molar-refractivity contribution is 7.89. The Balaban J connectivity index is 2.00. The van der Waals surface area contributed by atoms with Gasteiger partial charge in [-0.3, -0.25) is 0 Å². The molecule has 5 heteroatoms. The predicted molar refractivity (Wildman–Crippen MR) is 90.1 cm³/mol. The Hall–Kier alpha value is -1.85. The van der Waals surface area contributed by atoms with Crippen molar-refractivity contribution in [1.29, 1.82) is 0 Å². The van der Waals surface area contributed by atoms with Gasteiger partial charge in [0.25, 0.3) is 0 Å². The molecule has 0 amide bonds. The summed E-state index contributed by atoms with van der Waals surface area (Å²) in [5.74, 6) is 0.665. The van der Waals surface area contributed by atoms with Crippen LogP contribution < -0.4 is 4.74 Å². The minimum atomic E-state index is -3.53. The number of sulfonamides is 1. The van der Waals surface area contributed by atoms with E-state index in [0.717, 1.165) is 12.0 Å². The van der Waals surface area contributed by atoms with Crippen molar-refractivity contribution in [2.45, 2.75) is 37.8 Å². The topological polar surface area (TPSA) is 46.6 Å². The van der Waals surface area contributed by atoms with Crippen LogP contribution in [-0.2, 0) is 23.0 Å². The lowest BCUT2D eigenvalue weighted by Gasteiger charge is -2.34. The molecule has 0 fully saturated rings. The SMILES string of the molecule is COc1ccc(S(=O)(=O)N2Cc3ccccc3CC2C)c(C)c1. The average molecular weight is 331 g/mol. The van der Waals surface area contributed by atoms with E-state index in [9.17, 15) is 8.42 Å². The van der Waals surface area contributed by atoms with Crippen LogP contribution in [0.5, 0.6) is 5.75 Å². The summed E-state index contributed by atoms with van der Waals surface area (Å²) in [4.78, 5) is 0.351. The molecule has 1 aliphatic heterocycles. The number of fused-ring (bicyclic) bond motifs is 1. The van der Waals surface area contributed by atoms with Crippen molar-refractivity contribution in [2.24, 2.45) is 0 Å². The Morgan fingerprint density at radius 1 is 1.13 bits per heavy atom. The summed E-state index contributed by atoms with van der Waals surface area (Å²) >= 11 is 0. The smallest absolute Gasteiger partial charge is 0.243 e. The van der Waals surface area contributed by atoms with Gasteiger partial charge in [-0.2, -0.15) is 4.31 Å². The van der Waals surface area contributed by atoms with E-state index in [-0.39, 0.29) is 6.04 Å². The summed E-state index contributed by atoms with van der Waals surface area (Å²) in [5.41, 5.74) is 3.02. The van der Waals surface area contributed by atoms with Gasteiger partial charge in [0.1, 0.15) is 5.75 Å². The fourth-order valence-electron chi connectivity index (χ4n) is 3.14. The molecule has 3 rings (SSSR count). The van der Waals surface area contributed by atoms with Gasteiger partial charge in [0.05, 0.1) is 12.0 Å². The summed E-state index contributed by atoms with van der Waals surface area (Å²) in [6, 6.07) is 13.1. The molecule has 0 N–H and O–H groups in total. The number of benzene rings is 2. The van der Waals surface area contributed by atoms with Crippen LogP contribution in [0.25, 0.3) is 0 Å². The summed E-state index contributed by atoms with van der Waals surface area (Å²) in [6.07, 6.45) is 0.741. The van der Waals surface area contributed by atoms with Gasteiger partial charge in [0, 0.05) is 12.6 Å². The number of methoxy groups -OCH3 is 1. The number of rotatable bonds is 3. The molecule has 1 aliphatic rings. The van der Waals surface area contributed by atoms with E-state index in [0.29, 0.717) is 22.8 Å². The highest BCUT2D eigenvalue weighted by atomic mass is 32.2. The van der Waals surface area contributed by atoms with E-state index in [4.69, 9.17) is 4.74 Å². The lowest BCUT2D eigenvalue weighted by molar-refractivity contribution is 0.309. The summed E-state index contributed by atoms with van der Waals surface area (Å²) in [6.45, 7) is 4.19. The minimum Gasteiger partial charge on any atom is -0.497 e. The molecule has 0 saturated carbocycles. The largest absolute Gasteiger partial charge is 0.497 e. The summed E-state index contributed by atoms with van der Waals surface area (Å²) in [7, 11) is -1.96. The van der Waals surface area contributed by atoms with Crippen LogP contribution in [0.15, 0.2) is 47.4 Å². The third kappa shape index (κ3) is 2.86. The van der Waals surface area contributed by atoms with Crippen LogP contribution in [0.4, 0.5) is 0 Å². The summed E-state index contributed by atoms with van der Waals surface area (Å²) < 4.78 is 33.0. The minimum absolute atomic E-state index is 0.0589. The Kier molecular flexibility index (Phi) is 4.17. The molecule has 4 nitrogen and oxygen atoms in total. The molecule has 0 aliphatic carbocycles. The molecule has 23 heavy (non-hydrogen) atoms. The van der Waals surface area contributed by atoms with Gasteiger partial charge < -0.3 is 4.74 Å². The molecule has 2 aromatic carbocycles. The van der Waals surface area contributed by atoms with Gasteiger partial charge in [-0.1, -0.05) is 24.3 Å². The first-order valence-electron chi connectivity index (χ1n) is 7.66. The zero-order valence-corrected chi connectivity index (χ0v) is 14.4. The molecule has 1 atom stereocenters. The van der Waals surface area contributed by atoms with Gasteiger partial charge in [-0.25, -0.2) is 8.42 Å². The molecular weight excluding hydrogens is 310 g/mol. The lowest BCUT2D eigenvalue weighted by Crippen LogP contribution is -2.42. The van der Waals surface area contributed by atoms with Crippen LogP contribution in [0.2, 0.25) is 0 Å². The molecule has 0 aromatic heterocycles. The average Bonchev–Trinajstić information content (AvgIpc) is 2.53. The fraction of sp³-hybridized carbons (Fsp3) is 0.333. The van der Waals surface area contributed by atoms with Crippen molar-refractivity contribution >= 4 is 10.0 Å². The molecule has 2 aromatic rings. The third-order valence-electron chi connectivity index (χ3n) is 4.42. The second kappa shape index (κ2) is 5.98. The van der Waals surface area contributed by atoms with Crippen LogP contribution in [0.1, 0.15) is 23.6 Å². The van der Waals surface area contributed by atoms with Crippen molar-refractivity contribution < 1.29 is 13.2 Å². The van der Waals surface area contributed by atoms with Gasteiger partial charge in [-0.15, -0.1) is 0 Å². The number of hydrogen-bond donors (Lipinski definition) is 0. The first-order chi connectivity index (χ1) is 10.9. The number of aryl methyl sites for hydroxylation is 1. The lowest BCUT2D eigenvalue weighted by atomic mass is 9.97. The molecule has 1 heterocycles. The molecule has 122 valence electrons. The van der Waals surface area contributed by atoms with Crippen LogP contribution in [0, 0.1) is 6.92 Å². The Labute approximate surface area is 137 Å². The van der Waals surface area contributed by atoms with Crippen LogP contribution in [0.3, 0.4) is 0 Å². The Morgan fingerprint density at radius 2 is 1.83 bits per heavy atom. The third-order valence-corrected chi connectivity index (χ3v) is 6.54. The second-order valence-electron chi connectivity index (χ2n) is 6.00. The summed E-state index contributed by atoms with van der Waals surface area (Å²) in [5, 5.41) is 0. The zero-order valence-electron chi connectivity index (χ0n) is 13.6. The molecule has 0 spiro atoms. The normalized spacial score (nSPS) is 18.5. The van der Waals surface area contributed by atoms with Crippen LogP contribution >= 0.6 is 0 Å². The Bertz CT molecular complexity index is 830. The first-order valence-corrected chi connectivity index (χ1v) is 9.10. The molecular formula is C18H21NO3S. The number of hydrogen-bond acceptors (Lipinski definition) is 3. The number of nitrogens with zero attached hydrogens (tertiary/aromatic N) is 1. The molecule has 1 unspecified atom stereocenters. The zero-order chi connectivity index (χ0) is 16.6. The Morgan fingerprint density at radius 3 is 2.48 bits per heavy atom. The van der Waals surface area contributed by atoms with Gasteiger partial charge in [0.15, 0.2) is 0 Å². The highest BCUT2D eigenvalue weighted by Gasteiger charge is 2.34.